The topological polar surface area (TPSA) is 53.3 Å². The highest BCUT2D eigenvalue weighted by Gasteiger charge is 2.15. The lowest BCUT2D eigenvalue weighted by atomic mass is 10.3. The number of aromatic nitrogens is 2. The predicted octanol–water partition coefficient (Wildman–Crippen LogP) is -0.222. The van der Waals surface area contributed by atoms with E-state index in [4.69, 9.17) is 0 Å². The Kier molecular flexibility index (Phi) is 4.85. The number of aryl methyl sites for hydroxylation is 1. The first-order valence-electron chi connectivity index (χ1n) is 5.97. The smallest absolute Gasteiger partial charge is 0.167 e. The van der Waals surface area contributed by atoms with E-state index < -0.39 is 0 Å². The van der Waals surface area contributed by atoms with Gasteiger partial charge in [0.05, 0.1) is 6.10 Å². The predicted molar refractivity (Wildman–Crippen MR) is 69.2 cm³/mol. The van der Waals surface area contributed by atoms with Gasteiger partial charge < -0.3 is 15.0 Å². The van der Waals surface area contributed by atoms with Crippen LogP contribution >= 0.6 is 11.8 Å². The number of rotatable bonds is 5. The zero-order valence-electron chi connectivity index (χ0n) is 10.2. The van der Waals surface area contributed by atoms with Crippen LogP contribution < -0.4 is 5.32 Å². The molecule has 1 aromatic heterocycles. The maximum absolute atomic E-state index is 9.97. The second-order valence-electron chi connectivity index (χ2n) is 4.34. The zero-order chi connectivity index (χ0) is 12.1. The van der Waals surface area contributed by atoms with Crippen molar-refractivity contribution in [2.24, 2.45) is 7.05 Å². The number of nitrogens with one attached hydrogen (secondary N) is 1. The van der Waals surface area contributed by atoms with Crippen molar-refractivity contribution in [2.45, 2.75) is 11.3 Å². The molecule has 2 heterocycles. The number of piperazine rings is 1. The zero-order valence-corrected chi connectivity index (χ0v) is 11.0. The molecule has 1 fully saturated rings. The summed E-state index contributed by atoms with van der Waals surface area (Å²) in [7, 11) is 1.97. The molecular formula is C11H20N4OS. The van der Waals surface area contributed by atoms with Gasteiger partial charge in [0, 0.05) is 57.9 Å². The molecule has 0 spiro atoms. The van der Waals surface area contributed by atoms with Crippen LogP contribution in [0, 0.1) is 0 Å². The summed E-state index contributed by atoms with van der Waals surface area (Å²) in [6, 6.07) is 0. The molecule has 5 nitrogen and oxygen atoms in total. The highest BCUT2D eigenvalue weighted by Crippen LogP contribution is 2.15. The molecule has 1 aliphatic heterocycles. The lowest BCUT2D eigenvalue weighted by Gasteiger charge is -2.28. The lowest BCUT2D eigenvalue weighted by molar-refractivity contribution is 0.121. The van der Waals surface area contributed by atoms with Crippen molar-refractivity contribution >= 4 is 11.8 Å². The Labute approximate surface area is 106 Å². The number of hydrogen-bond acceptors (Lipinski definition) is 5. The largest absolute Gasteiger partial charge is 0.391 e. The maximum Gasteiger partial charge on any atom is 0.167 e. The number of hydrogen-bond donors (Lipinski definition) is 2. The first-order chi connectivity index (χ1) is 8.25. The highest BCUT2D eigenvalue weighted by molar-refractivity contribution is 7.99. The summed E-state index contributed by atoms with van der Waals surface area (Å²) in [5, 5.41) is 14.2. The van der Waals surface area contributed by atoms with Gasteiger partial charge in [0.25, 0.3) is 0 Å². The Hall–Kier alpha value is -0.560. The van der Waals surface area contributed by atoms with Gasteiger partial charge in [-0.3, -0.25) is 4.90 Å². The van der Waals surface area contributed by atoms with Crippen molar-refractivity contribution < 1.29 is 5.11 Å². The third-order valence-corrected chi connectivity index (χ3v) is 4.06. The van der Waals surface area contributed by atoms with Crippen molar-refractivity contribution in [2.75, 3.05) is 38.5 Å². The second kappa shape index (κ2) is 6.39. The standard InChI is InChI=1S/C11H20N4OS/c1-14-5-4-13-11(14)17-9-10(16)8-15-6-2-12-3-7-15/h4-5,10,12,16H,2-3,6-9H2,1H3. The van der Waals surface area contributed by atoms with Gasteiger partial charge in [0.2, 0.25) is 0 Å². The van der Waals surface area contributed by atoms with Crippen LogP contribution in [-0.4, -0.2) is 64.1 Å². The van der Waals surface area contributed by atoms with Crippen LogP contribution in [0.2, 0.25) is 0 Å². The van der Waals surface area contributed by atoms with E-state index in [1.807, 2.05) is 17.8 Å². The summed E-state index contributed by atoms with van der Waals surface area (Å²) in [5.41, 5.74) is 0. The van der Waals surface area contributed by atoms with E-state index in [1.54, 1.807) is 18.0 Å². The first kappa shape index (κ1) is 12.9. The van der Waals surface area contributed by atoms with Crippen molar-refractivity contribution in [1.82, 2.24) is 19.8 Å². The number of aliphatic hydroxyl groups is 1. The van der Waals surface area contributed by atoms with E-state index in [0.717, 1.165) is 37.9 Å². The van der Waals surface area contributed by atoms with Crippen LogP contribution in [0.3, 0.4) is 0 Å². The summed E-state index contributed by atoms with van der Waals surface area (Å²) in [6.45, 7) is 4.88. The van der Waals surface area contributed by atoms with Crippen LogP contribution in [0.1, 0.15) is 0 Å². The summed E-state index contributed by atoms with van der Waals surface area (Å²) in [4.78, 5) is 6.53. The Morgan fingerprint density at radius 1 is 1.53 bits per heavy atom. The number of thioether (sulfide) groups is 1. The van der Waals surface area contributed by atoms with Gasteiger partial charge in [-0.1, -0.05) is 11.8 Å². The highest BCUT2D eigenvalue weighted by atomic mass is 32.2. The minimum Gasteiger partial charge on any atom is -0.391 e. The molecule has 1 aromatic rings. The number of nitrogens with zero attached hydrogens (tertiary/aromatic N) is 3. The van der Waals surface area contributed by atoms with Crippen molar-refractivity contribution in [3.8, 4) is 0 Å². The molecule has 0 bridgehead atoms. The van der Waals surface area contributed by atoms with Crippen LogP contribution in [0.15, 0.2) is 17.6 Å². The Balaban J connectivity index is 1.70. The molecule has 2 N–H and O–H groups in total. The van der Waals surface area contributed by atoms with Gasteiger partial charge in [-0.25, -0.2) is 4.98 Å². The minimum absolute atomic E-state index is 0.283. The minimum atomic E-state index is -0.283. The van der Waals surface area contributed by atoms with E-state index in [2.05, 4.69) is 15.2 Å². The third kappa shape index (κ3) is 3.99. The van der Waals surface area contributed by atoms with Crippen molar-refractivity contribution in [3.63, 3.8) is 0 Å². The monoisotopic (exact) mass is 256 g/mol. The molecule has 1 unspecified atom stereocenters. The fourth-order valence-corrected chi connectivity index (χ4v) is 2.75. The molecular weight excluding hydrogens is 236 g/mol. The van der Waals surface area contributed by atoms with E-state index in [-0.39, 0.29) is 6.10 Å². The van der Waals surface area contributed by atoms with E-state index in [0.29, 0.717) is 5.75 Å². The van der Waals surface area contributed by atoms with Crippen molar-refractivity contribution in [3.05, 3.63) is 12.4 Å². The molecule has 0 radical (unpaired) electrons. The summed E-state index contributed by atoms with van der Waals surface area (Å²) >= 11 is 1.61. The fraction of sp³-hybridized carbons (Fsp3) is 0.727. The molecule has 0 aromatic carbocycles. The number of β-amino-alcohol motifs (C(OH)–C–C–N with tert-alkyl or cyclic N) is 1. The average Bonchev–Trinajstić information content (AvgIpc) is 2.74. The molecule has 96 valence electrons. The molecule has 6 heteroatoms. The summed E-state index contributed by atoms with van der Waals surface area (Å²) in [5.74, 6) is 0.703. The molecule has 1 aliphatic rings. The quantitative estimate of drug-likeness (QED) is 0.713. The van der Waals surface area contributed by atoms with E-state index >= 15 is 0 Å². The van der Waals surface area contributed by atoms with Gasteiger partial charge >= 0.3 is 0 Å². The average molecular weight is 256 g/mol. The number of aliphatic hydroxyl groups excluding tert-OH is 1. The van der Waals surface area contributed by atoms with Gasteiger partial charge in [0.1, 0.15) is 0 Å². The summed E-state index contributed by atoms with van der Waals surface area (Å²) in [6.07, 6.45) is 3.42. The lowest BCUT2D eigenvalue weighted by Crippen LogP contribution is -2.46. The third-order valence-electron chi connectivity index (χ3n) is 2.86. The Morgan fingerprint density at radius 3 is 2.94 bits per heavy atom. The van der Waals surface area contributed by atoms with Gasteiger partial charge in [-0.05, 0) is 0 Å². The van der Waals surface area contributed by atoms with Crippen LogP contribution in [0.5, 0.6) is 0 Å². The molecule has 17 heavy (non-hydrogen) atoms. The van der Waals surface area contributed by atoms with Crippen molar-refractivity contribution in [1.29, 1.82) is 0 Å². The molecule has 1 saturated heterocycles. The van der Waals surface area contributed by atoms with Gasteiger partial charge in [-0.2, -0.15) is 0 Å². The second-order valence-corrected chi connectivity index (χ2v) is 5.32. The fourth-order valence-electron chi connectivity index (χ4n) is 1.91. The SMILES string of the molecule is Cn1ccnc1SCC(O)CN1CCNCC1. The van der Waals surface area contributed by atoms with Crippen LogP contribution in [0.4, 0.5) is 0 Å². The Bertz CT molecular complexity index is 338. The molecule has 1 atom stereocenters. The Morgan fingerprint density at radius 2 is 2.29 bits per heavy atom. The number of imidazole rings is 1. The maximum atomic E-state index is 9.97. The van der Waals surface area contributed by atoms with E-state index in [9.17, 15) is 5.11 Å². The van der Waals surface area contributed by atoms with Crippen LogP contribution in [-0.2, 0) is 7.05 Å². The molecule has 0 amide bonds. The normalized spacial score (nSPS) is 19.4. The molecule has 0 saturated carbocycles. The van der Waals surface area contributed by atoms with Gasteiger partial charge in [0.15, 0.2) is 5.16 Å². The first-order valence-corrected chi connectivity index (χ1v) is 6.95. The van der Waals surface area contributed by atoms with E-state index in [1.165, 1.54) is 0 Å². The summed E-state index contributed by atoms with van der Waals surface area (Å²) < 4.78 is 1.97. The molecule has 2 rings (SSSR count). The molecule has 0 aliphatic carbocycles. The van der Waals surface area contributed by atoms with Crippen LogP contribution in [0.25, 0.3) is 0 Å². The van der Waals surface area contributed by atoms with Gasteiger partial charge in [-0.15, -0.1) is 0 Å².